The molecule has 2 aromatic carbocycles. The van der Waals surface area contributed by atoms with E-state index in [9.17, 15) is 9.59 Å². The first-order valence-electron chi connectivity index (χ1n) is 8.56. The van der Waals surface area contributed by atoms with Crippen LogP contribution in [0.15, 0.2) is 41.4 Å². The second-order valence-corrected chi connectivity index (χ2v) is 6.85. The number of esters is 1. The predicted molar refractivity (Wildman–Crippen MR) is 108 cm³/mol. The van der Waals surface area contributed by atoms with Gasteiger partial charge in [0.2, 0.25) is 0 Å². The fourth-order valence-corrected chi connectivity index (χ4v) is 3.83. The highest BCUT2D eigenvalue weighted by Crippen LogP contribution is 2.33. The maximum absolute atomic E-state index is 12.8. The van der Waals surface area contributed by atoms with Gasteiger partial charge >= 0.3 is 5.97 Å². The van der Waals surface area contributed by atoms with Gasteiger partial charge in [-0.2, -0.15) is 4.99 Å². The van der Waals surface area contributed by atoms with Gasteiger partial charge in [-0.15, -0.1) is 0 Å². The van der Waals surface area contributed by atoms with Crippen LogP contribution in [0.2, 0.25) is 0 Å². The average molecular weight is 416 g/mol. The molecule has 0 aliphatic carbocycles. The number of carbonyl (C=O) groups excluding carboxylic acids is 2. The lowest BCUT2D eigenvalue weighted by atomic mass is 10.2. The summed E-state index contributed by atoms with van der Waals surface area (Å²) < 4.78 is 23.1. The number of aromatic nitrogens is 1. The first-order valence-corrected chi connectivity index (χ1v) is 9.38. The Balaban J connectivity index is 2.22. The number of carbonyl (C=O) groups is 2. The molecule has 0 spiro atoms. The van der Waals surface area contributed by atoms with Gasteiger partial charge in [0.05, 0.1) is 44.2 Å². The molecule has 8 nitrogen and oxygen atoms in total. The number of nitrogens with zero attached hydrogens (tertiary/aromatic N) is 2. The molecule has 1 amide bonds. The number of rotatable bonds is 6. The summed E-state index contributed by atoms with van der Waals surface area (Å²) in [6, 6.07) is 10.3. The van der Waals surface area contributed by atoms with Crippen molar-refractivity contribution in [2.75, 3.05) is 28.4 Å². The normalized spacial score (nSPS) is 11.4. The Bertz CT molecular complexity index is 1130. The van der Waals surface area contributed by atoms with Crippen LogP contribution in [0.25, 0.3) is 10.2 Å². The van der Waals surface area contributed by atoms with E-state index < -0.39 is 11.9 Å². The molecule has 1 aromatic heterocycles. The molecule has 3 aromatic rings. The molecular formula is C20H20N2O6S. The molecule has 0 bridgehead atoms. The Hall–Kier alpha value is -3.33. The smallest absolute Gasteiger partial charge is 0.325 e. The molecule has 1 heterocycles. The van der Waals surface area contributed by atoms with Crippen LogP contribution in [0, 0.1) is 0 Å². The van der Waals surface area contributed by atoms with Gasteiger partial charge in [0, 0.05) is 12.1 Å². The van der Waals surface area contributed by atoms with Crippen LogP contribution in [0.1, 0.15) is 10.4 Å². The monoisotopic (exact) mass is 416 g/mol. The van der Waals surface area contributed by atoms with Gasteiger partial charge in [-0.3, -0.25) is 9.59 Å². The third kappa shape index (κ3) is 4.09. The van der Waals surface area contributed by atoms with Crippen molar-refractivity contribution >= 4 is 33.4 Å². The highest BCUT2D eigenvalue weighted by Gasteiger charge is 2.17. The summed E-state index contributed by atoms with van der Waals surface area (Å²) in [7, 11) is 5.85. The zero-order chi connectivity index (χ0) is 21.0. The Morgan fingerprint density at radius 1 is 0.966 bits per heavy atom. The number of benzene rings is 2. The van der Waals surface area contributed by atoms with Crippen molar-refractivity contribution in [1.82, 2.24) is 4.57 Å². The van der Waals surface area contributed by atoms with E-state index in [1.807, 2.05) is 0 Å². The number of fused-ring (bicyclic) bond motifs is 1. The predicted octanol–water partition coefficient (Wildman–Crippen LogP) is 2.64. The van der Waals surface area contributed by atoms with Crippen LogP contribution in [-0.4, -0.2) is 44.9 Å². The van der Waals surface area contributed by atoms with E-state index >= 15 is 0 Å². The zero-order valence-corrected chi connectivity index (χ0v) is 17.2. The summed E-state index contributed by atoms with van der Waals surface area (Å²) in [6.45, 7) is -0.107. The minimum atomic E-state index is -0.480. The summed E-state index contributed by atoms with van der Waals surface area (Å²) in [5.74, 6) is 0.510. The van der Waals surface area contributed by atoms with Crippen LogP contribution >= 0.6 is 11.3 Å². The van der Waals surface area contributed by atoms with E-state index in [-0.39, 0.29) is 6.54 Å². The molecule has 0 unspecified atom stereocenters. The second kappa shape index (κ2) is 8.78. The van der Waals surface area contributed by atoms with Gasteiger partial charge in [0.1, 0.15) is 12.3 Å². The van der Waals surface area contributed by atoms with Gasteiger partial charge in [0.25, 0.3) is 5.91 Å². The number of para-hydroxylation sites is 1. The zero-order valence-electron chi connectivity index (χ0n) is 16.4. The quantitative estimate of drug-likeness (QED) is 0.574. The van der Waals surface area contributed by atoms with Crippen molar-refractivity contribution in [3.8, 4) is 17.2 Å². The van der Waals surface area contributed by atoms with Crippen LogP contribution in [0.4, 0.5) is 0 Å². The third-order valence-corrected chi connectivity index (χ3v) is 5.28. The number of hydrogen-bond donors (Lipinski definition) is 0. The summed E-state index contributed by atoms with van der Waals surface area (Å²) in [6.07, 6.45) is 0. The topological polar surface area (TPSA) is 88.4 Å². The Morgan fingerprint density at radius 2 is 1.62 bits per heavy atom. The molecule has 0 atom stereocenters. The van der Waals surface area contributed by atoms with Crippen molar-refractivity contribution in [3.63, 3.8) is 0 Å². The number of thiazole rings is 1. The number of methoxy groups -OCH3 is 4. The molecule has 0 saturated carbocycles. The van der Waals surface area contributed by atoms with Gasteiger partial charge in [-0.05, 0) is 12.1 Å². The minimum absolute atomic E-state index is 0.107. The lowest BCUT2D eigenvalue weighted by Crippen LogP contribution is -2.22. The lowest BCUT2D eigenvalue weighted by Gasteiger charge is -2.09. The first kappa shape index (κ1) is 20.4. The fourth-order valence-electron chi connectivity index (χ4n) is 2.80. The molecule has 0 fully saturated rings. The lowest BCUT2D eigenvalue weighted by molar-refractivity contribution is -0.141. The Kier molecular flexibility index (Phi) is 6.18. The van der Waals surface area contributed by atoms with E-state index in [1.54, 1.807) is 41.0 Å². The summed E-state index contributed by atoms with van der Waals surface area (Å²) in [4.78, 5) is 29.4. The highest BCUT2D eigenvalue weighted by atomic mass is 32.1. The van der Waals surface area contributed by atoms with E-state index in [2.05, 4.69) is 4.99 Å². The average Bonchev–Trinajstić information content (AvgIpc) is 3.07. The van der Waals surface area contributed by atoms with Gasteiger partial charge in [-0.25, -0.2) is 0 Å². The van der Waals surface area contributed by atoms with Crippen LogP contribution < -0.4 is 19.0 Å². The van der Waals surface area contributed by atoms with E-state index in [0.29, 0.717) is 33.1 Å². The second-order valence-electron chi connectivity index (χ2n) is 5.84. The molecule has 0 N–H and O–H groups in total. The van der Waals surface area contributed by atoms with Gasteiger partial charge in [-0.1, -0.05) is 23.5 Å². The minimum Gasteiger partial charge on any atom is -0.496 e. The van der Waals surface area contributed by atoms with Crippen molar-refractivity contribution in [2.24, 2.45) is 4.99 Å². The fraction of sp³-hybridized carbons (Fsp3) is 0.250. The number of ether oxygens (including phenoxy) is 4. The largest absolute Gasteiger partial charge is 0.496 e. The van der Waals surface area contributed by atoms with Crippen LogP contribution in [0.3, 0.4) is 0 Å². The summed E-state index contributed by atoms with van der Waals surface area (Å²) in [5, 5.41) is 0. The summed E-state index contributed by atoms with van der Waals surface area (Å²) >= 11 is 1.25. The number of amides is 1. The molecule has 0 saturated heterocycles. The molecule has 9 heteroatoms. The number of hydrogen-bond acceptors (Lipinski definition) is 7. The van der Waals surface area contributed by atoms with E-state index in [4.69, 9.17) is 18.9 Å². The molecule has 0 aliphatic rings. The van der Waals surface area contributed by atoms with Gasteiger partial charge < -0.3 is 23.5 Å². The maximum atomic E-state index is 12.8. The standard InChI is InChI=1S/C20H20N2O6S/c1-25-14-8-6-5-7-12(14)19(24)21-20-22(11-18(23)28-4)13-9-15(26-2)16(27-3)10-17(13)29-20/h5-10H,11H2,1-4H3. The summed E-state index contributed by atoms with van der Waals surface area (Å²) in [5.41, 5.74) is 0.997. The van der Waals surface area contributed by atoms with Crippen molar-refractivity contribution < 1.29 is 28.5 Å². The highest BCUT2D eigenvalue weighted by molar-refractivity contribution is 7.16. The van der Waals surface area contributed by atoms with Crippen molar-refractivity contribution in [1.29, 1.82) is 0 Å². The van der Waals surface area contributed by atoms with E-state index in [1.165, 1.54) is 39.8 Å². The Morgan fingerprint density at radius 3 is 2.28 bits per heavy atom. The van der Waals surface area contributed by atoms with E-state index in [0.717, 1.165) is 4.70 Å². The van der Waals surface area contributed by atoms with Gasteiger partial charge in [0.15, 0.2) is 16.3 Å². The maximum Gasteiger partial charge on any atom is 0.325 e. The molecular weight excluding hydrogens is 396 g/mol. The Labute approximate surface area is 170 Å². The third-order valence-electron chi connectivity index (χ3n) is 4.24. The van der Waals surface area contributed by atoms with Crippen LogP contribution in [-0.2, 0) is 16.1 Å². The molecule has 152 valence electrons. The SMILES string of the molecule is COC(=O)Cn1c(=NC(=O)c2ccccc2OC)sc2cc(OC)c(OC)cc21. The molecule has 0 radical (unpaired) electrons. The first-order chi connectivity index (χ1) is 14.0. The molecule has 3 rings (SSSR count). The molecule has 0 aliphatic heterocycles. The molecule has 29 heavy (non-hydrogen) atoms. The van der Waals surface area contributed by atoms with Crippen LogP contribution in [0.5, 0.6) is 17.2 Å². The van der Waals surface area contributed by atoms with Crippen molar-refractivity contribution in [3.05, 3.63) is 46.8 Å². The van der Waals surface area contributed by atoms with Crippen molar-refractivity contribution in [2.45, 2.75) is 6.54 Å².